The minimum atomic E-state index is -1.45. The molecule has 1 unspecified atom stereocenters. The van der Waals surface area contributed by atoms with Crippen molar-refractivity contribution in [1.29, 1.82) is 0 Å². The molecule has 162 valence electrons. The number of carbonyl (C=O) groups is 1. The highest BCUT2D eigenvalue weighted by atomic mass is 16.4. The number of aromatic nitrogens is 2. The molecular weight excluding hydrogens is 394 g/mol. The molecule has 1 saturated heterocycles. The lowest BCUT2D eigenvalue weighted by molar-refractivity contribution is -0.124. The van der Waals surface area contributed by atoms with Crippen molar-refractivity contribution >= 4 is 6.09 Å². The normalized spacial score (nSPS) is 17.3. The summed E-state index contributed by atoms with van der Waals surface area (Å²) in [5, 5.41) is 21.6. The summed E-state index contributed by atoms with van der Waals surface area (Å²) in [7, 11) is 0. The summed E-state index contributed by atoms with van der Waals surface area (Å²) in [6, 6.07) is 9.69. The summed E-state index contributed by atoms with van der Waals surface area (Å²) in [6.07, 6.45) is 3.92. The highest BCUT2D eigenvalue weighted by molar-refractivity contribution is 5.67. The van der Waals surface area contributed by atoms with Crippen LogP contribution in [0.2, 0.25) is 0 Å². The summed E-state index contributed by atoms with van der Waals surface area (Å²) in [5.41, 5.74) is 0.925. The molecule has 0 aliphatic carbocycles. The zero-order valence-electron chi connectivity index (χ0n) is 18.2. The van der Waals surface area contributed by atoms with Gasteiger partial charge in [-0.25, -0.2) is 9.78 Å². The molecule has 1 aromatic carbocycles. The predicted molar refractivity (Wildman–Crippen MR) is 116 cm³/mol. The lowest BCUT2D eigenvalue weighted by Gasteiger charge is -2.55. The molecule has 1 aliphatic rings. The number of carboxylic acid groups (broad SMARTS) is 1. The van der Waals surface area contributed by atoms with E-state index in [0.29, 0.717) is 34.3 Å². The zero-order valence-corrected chi connectivity index (χ0v) is 18.2. The minimum Gasteiger partial charge on any atom is -0.465 e. The van der Waals surface area contributed by atoms with Crippen molar-refractivity contribution in [2.75, 3.05) is 13.1 Å². The number of aliphatic hydroxyl groups is 1. The van der Waals surface area contributed by atoms with E-state index in [1.165, 1.54) is 10.5 Å². The van der Waals surface area contributed by atoms with E-state index >= 15 is 0 Å². The zero-order chi connectivity index (χ0) is 22.4. The number of oxazole rings is 1. The summed E-state index contributed by atoms with van der Waals surface area (Å²) >= 11 is 0. The van der Waals surface area contributed by atoms with E-state index in [0.717, 1.165) is 0 Å². The maximum absolute atomic E-state index is 12.2. The van der Waals surface area contributed by atoms with E-state index in [-0.39, 0.29) is 13.1 Å². The molecular formula is C24H27N3O4. The number of nitrogens with zero attached hydrogens (tertiary/aromatic N) is 3. The van der Waals surface area contributed by atoms with E-state index in [9.17, 15) is 15.0 Å². The first-order valence-corrected chi connectivity index (χ1v) is 10.3. The summed E-state index contributed by atoms with van der Waals surface area (Å²) in [4.78, 5) is 21.4. The molecule has 1 atom stereocenters. The summed E-state index contributed by atoms with van der Waals surface area (Å²) in [5.74, 6) is 1.47. The number of amides is 1. The Kier molecular flexibility index (Phi) is 5.09. The van der Waals surface area contributed by atoms with Crippen molar-refractivity contribution in [2.45, 2.75) is 39.2 Å². The van der Waals surface area contributed by atoms with Crippen molar-refractivity contribution in [2.24, 2.45) is 5.41 Å². The first-order chi connectivity index (χ1) is 14.6. The molecule has 1 aliphatic heterocycles. The molecule has 0 radical (unpaired) electrons. The van der Waals surface area contributed by atoms with Crippen LogP contribution in [0.5, 0.6) is 0 Å². The first-order valence-electron chi connectivity index (χ1n) is 10.3. The van der Waals surface area contributed by atoms with Crippen LogP contribution in [0.1, 0.15) is 49.1 Å². The van der Waals surface area contributed by atoms with E-state index in [1.807, 2.05) is 44.2 Å². The van der Waals surface area contributed by atoms with Crippen LogP contribution in [-0.2, 0) is 5.60 Å². The van der Waals surface area contributed by atoms with Gasteiger partial charge < -0.3 is 19.5 Å². The highest BCUT2D eigenvalue weighted by Crippen LogP contribution is 2.51. The molecule has 1 fully saturated rings. The molecule has 0 saturated carbocycles. The van der Waals surface area contributed by atoms with Gasteiger partial charge in [0.25, 0.3) is 0 Å². The molecule has 3 aromatic rings. The number of likely N-dealkylation sites (tertiary alicyclic amines) is 1. The molecule has 2 aromatic heterocycles. The molecule has 31 heavy (non-hydrogen) atoms. The van der Waals surface area contributed by atoms with Crippen LogP contribution in [0.4, 0.5) is 4.79 Å². The molecule has 7 heteroatoms. The van der Waals surface area contributed by atoms with Crippen LogP contribution < -0.4 is 0 Å². The van der Waals surface area contributed by atoms with Crippen molar-refractivity contribution in [1.82, 2.24) is 14.9 Å². The predicted octanol–water partition coefficient (Wildman–Crippen LogP) is 4.40. The fourth-order valence-corrected chi connectivity index (χ4v) is 4.38. The van der Waals surface area contributed by atoms with Gasteiger partial charge in [0.1, 0.15) is 11.4 Å². The van der Waals surface area contributed by atoms with Gasteiger partial charge in [0.15, 0.2) is 0 Å². The Labute approximate surface area is 181 Å². The maximum Gasteiger partial charge on any atom is 0.407 e. The highest BCUT2D eigenvalue weighted by Gasteiger charge is 2.57. The van der Waals surface area contributed by atoms with Crippen molar-refractivity contribution < 1.29 is 19.4 Å². The molecule has 2 N–H and O–H groups in total. The van der Waals surface area contributed by atoms with Crippen LogP contribution >= 0.6 is 0 Å². The second-order valence-electron chi connectivity index (χ2n) is 8.92. The van der Waals surface area contributed by atoms with E-state index < -0.39 is 17.1 Å². The number of benzene rings is 1. The number of hydrogen-bond donors (Lipinski definition) is 2. The van der Waals surface area contributed by atoms with Gasteiger partial charge >= 0.3 is 6.09 Å². The SMILES string of the molecule is Cc1cnc(-c2cncc(C(O)(c3ccc(C(C)C)cc3)C3(C)CN(C(=O)O)C3)c2)o1. The quantitative estimate of drug-likeness (QED) is 0.633. The van der Waals surface area contributed by atoms with Gasteiger partial charge in [-0.15, -0.1) is 0 Å². The Hall–Kier alpha value is -3.19. The van der Waals surface area contributed by atoms with Gasteiger partial charge in [0, 0.05) is 36.5 Å². The maximum atomic E-state index is 12.2. The van der Waals surface area contributed by atoms with Crippen LogP contribution in [0.3, 0.4) is 0 Å². The van der Waals surface area contributed by atoms with Gasteiger partial charge in [-0.1, -0.05) is 45.0 Å². The monoisotopic (exact) mass is 421 g/mol. The van der Waals surface area contributed by atoms with Crippen LogP contribution in [-0.4, -0.2) is 44.3 Å². The van der Waals surface area contributed by atoms with Gasteiger partial charge in [0.2, 0.25) is 5.89 Å². The molecule has 3 heterocycles. The van der Waals surface area contributed by atoms with Gasteiger partial charge in [-0.2, -0.15) is 0 Å². The lowest BCUT2D eigenvalue weighted by Crippen LogP contribution is -2.66. The Balaban J connectivity index is 1.82. The van der Waals surface area contributed by atoms with Gasteiger partial charge in [0.05, 0.1) is 11.8 Å². The number of rotatable bonds is 5. The van der Waals surface area contributed by atoms with Gasteiger partial charge in [-0.3, -0.25) is 4.98 Å². The number of aryl methyl sites for hydroxylation is 1. The first kappa shape index (κ1) is 21.1. The molecule has 0 spiro atoms. The number of hydrogen-bond acceptors (Lipinski definition) is 5. The van der Waals surface area contributed by atoms with Crippen LogP contribution in [0.15, 0.2) is 53.3 Å². The second kappa shape index (κ2) is 7.50. The molecule has 4 rings (SSSR count). The van der Waals surface area contributed by atoms with Crippen LogP contribution in [0, 0.1) is 12.3 Å². The molecule has 0 bridgehead atoms. The second-order valence-corrected chi connectivity index (χ2v) is 8.92. The Morgan fingerprint density at radius 3 is 2.39 bits per heavy atom. The van der Waals surface area contributed by atoms with Crippen molar-refractivity contribution in [3.05, 3.63) is 71.4 Å². The Bertz CT molecular complexity index is 1100. The third-order valence-corrected chi connectivity index (χ3v) is 6.24. The summed E-state index contributed by atoms with van der Waals surface area (Å²) in [6.45, 7) is 8.39. The standard InChI is InChI=1S/C24H27N3O4/c1-15(2)17-5-7-19(8-6-17)24(30,23(4)13-27(14-23)22(28)29)20-9-18(11-25-12-20)21-26-10-16(3)31-21/h5-12,15,30H,13-14H2,1-4H3,(H,28,29). The topological polar surface area (TPSA) is 99.7 Å². The minimum absolute atomic E-state index is 0.215. The summed E-state index contributed by atoms with van der Waals surface area (Å²) < 4.78 is 5.64. The number of pyridine rings is 1. The van der Waals surface area contributed by atoms with Crippen molar-refractivity contribution in [3.63, 3.8) is 0 Å². The fraction of sp³-hybridized carbons (Fsp3) is 0.375. The largest absolute Gasteiger partial charge is 0.465 e. The molecule has 7 nitrogen and oxygen atoms in total. The van der Waals surface area contributed by atoms with E-state index in [2.05, 4.69) is 23.8 Å². The lowest BCUT2D eigenvalue weighted by atomic mass is 9.62. The average Bonchev–Trinajstić information content (AvgIpc) is 3.17. The average molecular weight is 421 g/mol. The van der Waals surface area contributed by atoms with E-state index in [4.69, 9.17) is 4.42 Å². The third kappa shape index (κ3) is 3.49. The Morgan fingerprint density at radius 2 is 1.84 bits per heavy atom. The van der Waals surface area contributed by atoms with E-state index in [1.54, 1.807) is 18.6 Å². The Morgan fingerprint density at radius 1 is 1.16 bits per heavy atom. The van der Waals surface area contributed by atoms with Crippen molar-refractivity contribution in [3.8, 4) is 11.5 Å². The smallest absolute Gasteiger partial charge is 0.407 e. The van der Waals surface area contributed by atoms with Crippen LogP contribution in [0.25, 0.3) is 11.5 Å². The third-order valence-electron chi connectivity index (χ3n) is 6.24. The molecule has 1 amide bonds. The van der Waals surface area contributed by atoms with Gasteiger partial charge in [-0.05, 0) is 30.0 Å². The fourth-order valence-electron chi connectivity index (χ4n) is 4.38.